The van der Waals surface area contributed by atoms with Crippen LogP contribution in [0.1, 0.15) is 33.9 Å². The van der Waals surface area contributed by atoms with Gasteiger partial charge in [-0.05, 0) is 27.7 Å². The molecule has 124 valence electrons. The van der Waals surface area contributed by atoms with Crippen molar-refractivity contribution < 1.29 is 18.6 Å². The minimum Gasteiger partial charge on any atom is -0.376 e. The van der Waals surface area contributed by atoms with Gasteiger partial charge in [-0.15, -0.1) is 0 Å². The second kappa shape index (κ2) is 7.35. The summed E-state index contributed by atoms with van der Waals surface area (Å²) in [6.07, 6.45) is -0.341. The maximum Gasteiger partial charge on any atom is 0.181 e. The fourth-order valence-electron chi connectivity index (χ4n) is 2.43. The van der Waals surface area contributed by atoms with Gasteiger partial charge in [-0.25, -0.2) is 4.39 Å². The second-order valence-corrected chi connectivity index (χ2v) is 6.02. The van der Waals surface area contributed by atoms with Crippen LogP contribution >= 0.6 is 0 Å². The third-order valence-electron chi connectivity index (χ3n) is 3.41. The third-order valence-corrected chi connectivity index (χ3v) is 3.41. The Morgan fingerprint density at radius 1 is 1.23 bits per heavy atom. The van der Waals surface area contributed by atoms with Crippen molar-refractivity contribution in [3.63, 3.8) is 0 Å². The fraction of sp³-hybridized carbons (Fsp3) is 0.688. The van der Waals surface area contributed by atoms with Gasteiger partial charge in [0.2, 0.25) is 0 Å². The molecule has 0 aromatic carbocycles. The van der Waals surface area contributed by atoms with Crippen LogP contribution in [0, 0.1) is 0 Å². The van der Waals surface area contributed by atoms with Crippen molar-refractivity contribution in [3.8, 4) is 0 Å². The highest BCUT2D eigenvalue weighted by Gasteiger charge is 2.47. The predicted octanol–water partition coefficient (Wildman–Crippen LogP) is 2.30. The van der Waals surface area contributed by atoms with Gasteiger partial charge in [0.25, 0.3) is 0 Å². The average molecular weight is 313 g/mol. The lowest BCUT2D eigenvalue weighted by Gasteiger charge is -2.22. The highest BCUT2D eigenvalue weighted by atomic mass is 19.1. The molecule has 2 rings (SSSR count). The van der Waals surface area contributed by atoms with E-state index in [2.05, 4.69) is 0 Å². The quantitative estimate of drug-likeness (QED) is 0.808. The van der Waals surface area contributed by atoms with Gasteiger partial charge in [0.05, 0.1) is 18.8 Å². The molecule has 1 aromatic rings. The maximum absolute atomic E-state index is 14.8. The summed E-state index contributed by atoms with van der Waals surface area (Å²) in [5, 5.41) is 0. The molecule has 1 saturated heterocycles. The zero-order chi connectivity index (χ0) is 16.3. The number of pyridine rings is 1. The number of aromatic nitrogens is 1. The predicted molar refractivity (Wildman–Crippen MR) is 80.6 cm³/mol. The van der Waals surface area contributed by atoms with E-state index >= 15 is 0 Å². The van der Waals surface area contributed by atoms with E-state index in [1.54, 1.807) is 4.57 Å². The number of halogens is 1. The molecule has 0 saturated carbocycles. The molecule has 0 N–H and O–H groups in total. The van der Waals surface area contributed by atoms with Crippen molar-refractivity contribution in [2.45, 2.75) is 64.5 Å². The Kier molecular flexibility index (Phi) is 5.72. The summed E-state index contributed by atoms with van der Waals surface area (Å²) in [6.45, 7) is 7.82. The molecule has 2 heterocycles. The van der Waals surface area contributed by atoms with Gasteiger partial charge in [-0.3, -0.25) is 4.79 Å². The summed E-state index contributed by atoms with van der Waals surface area (Å²) in [5.41, 5.74) is -0.126. The average Bonchev–Trinajstić information content (AvgIpc) is 2.74. The summed E-state index contributed by atoms with van der Waals surface area (Å²) in [5.74, 6) is 0. The maximum atomic E-state index is 14.8. The van der Waals surface area contributed by atoms with Crippen LogP contribution < -0.4 is 5.43 Å². The van der Waals surface area contributed by atoms with Crippen molar-refractivity contribution in [1.29, 1.82) is 0 Å². The molecule has 0 unspecified atom stereocenters. The molecule has 0 bridgehead atoms. The van der Waals surface area contributed by atoms with Crippen LogP contribution in [0.25, 0.3) is 0 Å². The van der Waals surface area contributed by atoms with Crippen molar-refractivity contribution in [3.05, 3.63) is 34.7 Å². The van der Waals surface area contributed by atoms with E-state index in [0.29, 0.717) is 0 Å². The fourth-order valence-corrected chi connectivity index (χ4v) is 2.43. The van der Waals surface area contributed by atoms with Crippen LogP contribution in [0.4, 0.5) is 4.39 Å². The smallest absolute Gasteiger partial charge is 0.181 e. The summed E-state index contributed by atoms with van der Waals surface area (Å²) in [7, 11) is 0. The van der Waals surface area contributed by atoms with Gasteiger partial charge in [0, 0.05) is 24.5 Å². The largest absolute Gasteiger partial charge is 0.376 e. The highest BCUT2D eigenvalue weighted by molar-refractivity contribution is 4.99. The Hall–Kier alpha value is -1.24. The summed E-state index contributed by atoms with van der Waals surface area (Å²) in [4.78, 5) is 11.2. The molecule has 1 aromatic heterocycles. The Morgan fingerprint density at radius 2 is 1.86 bits per heavy atom. The first-order chi connectivity index (χ1) is 10.4. The monoisotopic (exact) mass is 313 g/mol. The first-order valence-electron chi connectivity index (χ1n) is 7.63. The summed E-state index contributed by atoms with van der Waals surface area (Å²) < 4.78 is 33.4. The van der Waals surface area contributed by atoms with Gasteiger partial charge < -0.3 is 18.8 Å². The molecule has 1 aliphatic rings. The zero-order valence-corrected chi connectivity index (χ0v) is 13.4. The minimum atomic E-state index is -1.33. The first-order valence-corrected chi connectivity index (χ1v) is 7.63. The zero-order valence-electron chi connectivity index (χ0n) is 13.4. The van der Waals surface area contributed by atoms with Gasteiger partial charge >= 0.3 is 0 Å². The van der Waals surface area contributed by atoms with Crippen molar-refractivity contribution in [2.24, 2.45) is 0 Å². The molecule has 1 fully saturated rings. The van der Waals surface area contributed by atoms with Crippen LogP contribution in [0.15, 0.2) is 29.3 Å². The number of alkyl halides is 1. The van der Waals surface area contributed by atoms with Gasteiger partial charge in [0.1, 0.15) is 12.2 Å². The molecule has 4 atom stereocenters. The van der Waals surface area contributed by atoms with E-state index in [4.69, 9.17) is 14.2 Å². The molecule has 0 aliphatic carbocycles. The Bertz CT molecular complexity index is 511. The highest BCUT2D eigenvalue weighted by Crippen LogP contribution is 2.34. The van der Waals surface area contributed by atoms with Crippen LogP contribution in [0.2, 0.25) is 0 Å². The van der Waals surface area contributed by atoms with Crippen LogP contribution in [-0.2, 0) is 14.2 Å². The molecule has 0 spiro atoms. The summed E-state index contributed by atoms with van der Waals surface area (Å²) in [6, 6.07) is 2.76. The standard InChI is InChI=1S/C16H24FNO4/c1-10(2)20-9-13-15(21-11(3)4)14(17)16(22-13)18-7-5-12(19)6-8-18/h5-8,10-11,13-16H,9H2,1-4H3/t13-,14-,15-,16-/m1/s1. The Balaban J connectivity index is 2.15. The molecule has 0 amide bonds. The first kappa shape index (κ1) is 17.1. The van der Waals surface area contributed by atoms with E-state index in [1.807, 2.05) is 27.7 Å². The van der Waals surface area contributed by atoms with Crippen molar-refractivity contribution in [2.75, 3.05) is 6.61 Å². The van der Waals surface area contributed by atoms with Gasteiger partial charge in [-0.1, -0.05) is 0 Å². The lowest BCUT2D eigenvalue weighted by molar-refractivity contribution is -0.0964. The van der Waals surface area contributed by atoms with Crippen molar-refractivity contribution in [1.82, 2.24) is 4.57 Å². The Morgan fingerprint density at radius 3 is 2.41 bits per heavy atom. The number of hydrogen-bond donors (Lipinski definition) is 0. The Labute approximate surface area is 130 Å². The van der Waals surface area contributed by atoms with Gasteiger partial charge in [0.15, 0.2) is 17.8 Å². The van der Waals surface area contributed by atoms with Crippen LogP contribution in [0.5, 0.6) is 0 Å². The van der Waals surface area contributed by atoms with Gasteiger partial charge in [-0.2, -0.15) is 0 Å². The normalized spacial score (nSPS) is 28.7. The van der Waals surface area contributed by atoms with E-state index < -0.39 is 24.6 Å². The van der Waals surface area contributed by atoms with Crippen LogP contribution in [0.3, 0.4) is 0 Å². The van der Waals surface area contributed by atoms with E-state index in [-0.39, 0.29) is 24.2 Å². The van der Waals surface area contributed by atoms with Crippen LogP contribution in [-0.4, -0.2) is 41.8 Å². The lowest BCUT2D eigenvalue weighted by Crippen LogP contribution is -2.37. The van der Waals surface area contributed by atoms with E-state index in [9.17, 15) is 9.18 Å². The molecular formula is C16H24FNO4. The number of nitrogens with zero attached hydrogens (tertiary/aromatic N) is 1. The topological polar surface area (TPSA) is 49.7 Å². The summed E-state index contributed by atoms with van der Waals surface area (Å²) >= 11 is 0. The van der Waals surface area contributed by atoms with Crippen molar-refractivity contribution >= 4 is 0 Å². The minimum absolute atomic E-state index is 0.0350. The molecule has 5 nitrogen and oxygen atoms in total. The number of rotatable bonds is 6. The van der Waals surface area contributed by atoms with E-state index in [1.165, 1.54) is 24.5 Å². The molecule has 6 heteroatoms. The second-order valence-electron chi connectivity index (χ2n) is 6.02. The van der Waals surface area contributed by atoms with E-state index in [0.717, 1.165) is 0 Å². The number of ether oxygens (including phenoxy) is 3. The molecular weight excluding hydrogens is 289 g/mol. The third kappa shape index (κ3) is 4.15. The SMILES string of the molecule is CC(C)OC[C@H]1O[C@@H](n2ccc(=O)cc2)[C@H](F)[C@@H]1OC(C)C. The number of hydrogen-bond acceptors (Lipinski definition) is 4. The molecule has 22 heavy (non-hydrogen) atoms. The molecule has 1 aliphatic heterocycles. The lowest BCUT2D eigenvalue weighted by atomic mass is 10.1. The molecule has 0 radical (unpaired) electrons.